The van der Waals surface area contributed by atoms with Crippen molar-refractivity contribution in [3.8, 4) is 0 Å². The molecule has 1 aliphatic carbocycles. The Bertz CT molecular complexity index is 286. The van der Waals surface area contributed by atoms with Crippen molar-refractivity contribution in [3.05, 3.63) is 0 Å². The van der Waals surface area contributed by atoms with Crippen LogP contribution in [-0.4, -0.2) is 17.5 Å². The van der Waals surface area contributed by atoms with E-state index in [1.54, 1.807) is 0 Å². The predicted octanol–water partition coefficient (Wildman–Crippen LogP) is 3.05. The van der Waals surface area contributed by atoms with Crippen LogP contribution in [0.3, 0.4) is 0 Å². The van der Waals surface area contributed by atoms with Crippen molar-refractivity contribution in [2.75, 3.05) is 0 Å². The first-order valence-corrected chi connectivity index (χ1v) is 6.10. The Morgan fingerprint density at radius 2 is 1.94 bits per heavy atom. The summed E-state index contributed by atoms with van der Waals surface area (Å²) in [6.45, 7) is 2.79. The van der Waals surface area contributed by atoms with Crippen molar-refractivity contribution in [2.24, 2.45) is 17.6 Å². The molecule has 3 atom stereocenters. The molecule has 0 aromatic rings. The minimum absolute atomic E-state index is 0.363. The molecular formula is C12H20F3NO. The molecule has 0 aliphatic heterocycles. The highest BCUT2D eigenvalue weighted by molar-refractivity contribution is 5.90. The summed E-state index contributed by atoms with van der Waals surface area (Å²) in [5.41, 5.74) is 2.48. The average Bonchev–Trinajstić information content (AvgIpc) is 2.26. The number of alkyl halides is 3. The van der Waals surface area contributed by atoms with Gasteiger partial charge in [0, 0.05) is 5.92 Å². The van der Waals surface area contributed by atoms with Crippen molar-refractivity contribution in [3.63, 3.8) is 0 Å². The standard InChI is InChI=1S/C12H20F3NO/c1-3-8-5-4-6-9(7-8)10(17)11(2,16)12(13,14)15/h8-9H,3-7,16H2,1-2H3. The molecule has 0 aromatic carbocycles. The highest BCUT2D eigenvalue weighted by Crippen LogP contribution is 2.37. The normalized spacial score (nSPS) is 29.8. The summed E-state index contributed by atoms with van der Waals surface area (Å²) in [5.74, 6) is -1.00. The van der Waals surface area contributed by atoms with E-state index in [0.29, 0.717) is 18.8 Å². The van der Waals surface area contributed by atoms with E-state index in [4.69, 9.17) is 5.73 Å². The van der Waals surface area contributed by atoms with Gasteiger partial charge in [0.25, 0.3) is 0 Å². The van der Waals surface area contributed by atoms with Gasteiger partial charge >= 0.3 is 6.18 Å². The van der Waals surface area contributed by atoms with Crippen LogP contribution in [0.1, 0.15) is 46.0 Å². The van der Waals surface area contributed by atoms with Crippen LogP contribution in [0.4, 0.5) is 13.2 Å². The van der Waals surface area contributed by atoms with E-state index in [2.05, 4.69) is 0 Å². The Hall–Kier alpha value is -0.580. The van der Waals surface area contributed by atoms with Gasteiger partial charge in [0.2, 0.25) is 0 Å². The molecule has 2 N–H and O–H groups in total. The fraction of sp³-hybridized carbons (Fsp3) is 0.917. The topological polar surface area (TPSA) is 43.1 Å². The maximum absolute atomic E-state index is 12.7. The van der Waals surface area contributed by atoms with Gasteiger partial charge in [-0.3, -0.25) is 4.79 Å². The molecule has 0 saturated heterocycles. The van der Waals surface area contributed by atoms with Crippen LogP contribution >= 0.6 is 0 Å². The largest absolute Gasteiger partial charge is 0.413 e. The van der Waals surface area contributed by atoms with Gasteiger partial charge in [0.15, 0.2) is 11.3 Å². The molecule has 0 aromatic heterocycles. The molecule has 2 nitrogen and oxygen atoms in total. The molecule has 3 unspecified atom stereocenters. The van der Waals surface area contributed by atoms with Crippen molar-refractivity contribution in [2.45, 2.75) is 57.7 Å². The van der Waals surface area contributed by atoms with Crippen LogP contribution in [0, 0.1) is 11.8 Å². The van der Waals surface area contributed by atoms with Crippen molar-refractivity contribution < 1.29 is 18.0 Å². The summed E-state index contributed by atoms with van der Waals surface area (Å²) in [5, 5.41) is 0. The summed E-state index contributed by atoms with van der Waals surface area (Å²) in [6.07, 6.45) is -0.826. The number of hydrogen-bond donors (Lipinski definition) is 1. The quantitative estimate of drug-likeness (QED) is 0.837. The zero-order chi connectivity index (χ0) is 13.3. The molecule has 0 spiro atoms. The highest BCUT2D eigenvalue weighted by Gasteiger charge is 2.55. The third-order valence-corrected chi connectivity index (χ3v) is 3.83. The molecule has 1 aliphatic rings. The molecule has 5 heteroatoms. The molecule has 0 amide bonds. The number of halogens is 3. The number of ketones is 1. The lowest BCUT2D eigenvalue weighted by Gasteiger charge is -2.34. The summed E-state index contributed by atoms with van der Waals surface area (Å²) in [7, 11) is 0. The monoisotopic (exact) mass is 251 g/mol. The van der Waals surface area contributed by atoms with Gasteiger partial charge in [-0.25, -0.2) is 0 Å². The van der Waals surface area contributed by atoms with E-state index in [-0.39, 0.29) is 0 Å². The Morgan fingerprint density at radius 3 is 2.41 bits per heavy atom. The Balaban J connectivity index is 2.76. The summed E-state index contributed by atoms with van der Waals surface area (Å²) >= 11 is 0. The summed E-state index contributed by atoms with van der Waals surface area (Å²) < 4.78 is 38.0. The molecule has 1 saturated carbocycles. The van der Waals surface area contributed by atoms with Crippen LogP contribution in [-0.2, 0) is 4.79 Å². The maximum Gasteiger partial charge on any atom is 0.413 e. The van der Waals surface area contributed by atoms with Gasteiger partial charge in [-0.2, -0.15) is 13.2 Å². The van der Waals surface area contributed by atoms with E-state index in [1.807, 2.05) is 6.92 Å². The van der Waals surface area contributed by atoms with Crippen LogP contribution in [0.5, 0.6) is 0 Å². The lowest BCUT2D eigenvalue weighted by atomic mass is 9.74. The maximum atomic E-state index is 12.7. The Labute approximate surface area is 99.7 Å². The predicted molar refractivity (Wildman–Crippen MR) is 59.4 cm³/mol. The second-order valence-electron chi connectivity index (χ2n) is 5.20. The highest BCUT2D eigenvalue weighted by atomic mass is 19.4. The molecule has 0 bridgehead atoms. The molecule has 1 rings (SSSR count). The third-order valence-electron chi connectivity index (χ3n) is 3.83. The van der Waals surface area contributed by atoms with E-state index < -0.39 is 23.4 Å². The van der Waals surface area contributed by atoms with E-state index in [0.717, 1.165) is 26.2 Å². The number of hydrogen-bond acceptors (Lipinski definition) is 2. The molecular weight excluding hydrogens is 231 g/mol. The Morgan fingerprint density at radius 1 is 1.35 bits per heavy atom. The van der Waals surface area contributed by atoms with Crippen LogP contribution in [0.15, 0.2) is 0 Å². The van der Waals surface area contributed by atoms with Gasteiger partial charge in [-0.1, -0.05) is 26.2 Å². The van der Waals surface area contributed by atoms with Crippen LogP contribution in [0.2, 0.25) is 0 Å². The lowest BCUT2D eigenvalue weighted by Crippen LogP contribution is -2.59. The molecule has 1 fully saturated rings. The van der Waals surface area contributed by atoms with Crippen LogP contribution < -0.4 is 5.73 Å². The van der Waals surface area contributed by atoms with E-state index in [9.17, 15) is 18.0 Å². The first-order valence-electron chi connectivity index (χ1n) is 6.10. The number of rotatable bonds is 3. The number of Topliss-reactive ketones (excluding diaryl/α,β-unsaturated/α-hetero) is 1. The van der Waals surface area contributed by atoms with Gasteiger partial charge in [-0.05, 0) is 25.7 Å². The van der Waals surface area contributed by atoms with Crippen molar-refractivity contribution >= 4 is 5.78 Å². The zero-order valence-corrected chi connectivity index (χ0v) is 10.3. The fourth-order valence-corrected chi connectivity index (χ4v) is 2.46. The van der Waals surface area contributed by atoms with E-state index in [1.165, 1.54) is 0 Å². The SMILES string of the molecule is CCC1CCCC(C(=O)C(C)(N)C(F)(F)F)C1. The third kappa shape index (κ3) is 3.00. The first-order chi connectivity index (χ1) is 7.70. The molecule has 0 heterocycles. The number of nitrogens with two attached hydrogens (primary N) is 1. The smallest absolute Gasteiger partial charge is 0.312 e. The minimum Gasteiger partial charge on any atom is -0.312 e. The molecule has 0 radical (unpaired) electrons. The number of carbonyl (C=O) groups is 1. The fourth-order valence-electron chi connectivity index (χ4n) is 2.46. The summed E-state index contributed by atoms with van der Waals surface area (Å²) in [4.78, 5) is 11.9. The average molecular weight is 251 g/mol. The minimum atomic E-state index is -4.66. The van der Waals surface area contributed by atoms with E-state index >= 15 is 0 Å². The van der Waals surface area contributed by atoms with Crippen molar-refractivity contribution in [1.29, 1.82) is 0 Å². The Kier molecular flexibility index (Phi) is 4.23. The number of carbonyl (C=O) groups excluding carboxylic acids is 1. The van der Waals surface area contributed by atoms with Crippen LogP contribution in [0.25, 0.3) is 0 Å². The zero-order valence-electron chi connectivity index (χ0n) is 10.3. The lowest BCUT2D eigenvalue weighted by molar-refractivity contribution is -0.189. The second-order valence-corrected chi connectivity index (χ2v) is 5.20. The van der Waals surface area contributed by atoms with Gasteiger partial charge in [0.1, 0.15) is 0 Å². The first kappa shape index (κ1) is 14.5. The molecule has 17 heavy (non-hydrogen) atoms. The van der Waals surface area contributed by atoms with Gasteiger partial charge in [-0.15, -0.1) is 0 Å². The van der Waals surface area contributed by atoms with Gasteiger partial charge in [0.05, 0.1) is 0 Å². The molecule has 100 valence electrons. The second kappa shape index (κ2) is 4.96. The van der Waals surface area contributed by atoms with Crippen molar-refractivity contribution in [1.82, 2.24) is 0 Å². The van der Waals surface area contributed by atoms with Gasteiger partial charge < -0.3 is 5.73 Å². The summed E-state index contributed by atoms with van der Waals surface area (Å²) in [6, 6.07) is 0.